The number of rotatable bonds is 7. The molecule has 190 valence electrons. The van der Waals surface area contributed by atoms with Gasteiger partial charge in [-0.05, 0) is 48.9 Å². The lowest BCUT2D eigenvalue weighted by Gasteiger charge is -2.29. The van der Waals surface area contributed by atoms with E-state index in [1.165, 1.54) is 13.2 Å². The predicted octanol–water partition coefficient (Wildman–Crippen LogP) is 5.69. The molecule has 2 atom stereocenters. The molecule has 0 aliphatic heterocycles. The summed E-state index contributed by atoms with van der Waals surface area (Å²) in [6, 6.07) is 6.43. The van der Waals surface area contributed by atoms with Crippen molar-refractivity contribution in [2.75, 3.05) is 20.8 Å². The molecule has 2 unspecified atom stereocenters. The first-order chi connectivity index (χ1) is 17.2. The van der Waals surface area contributed by atoms with Gasteiger partial charge in [0.2, 0.25) is 0 Å². The van der Waals surface area contributed by atoms with Gasteiger partial charge in [-0.15, -0.1) is 0 Å². The van der Waals surface area contributed by atoms with Gasteiger partial charge in [0.1, 0.15) is 5.52 Å². The van der Waals surface area contributed by atoms with Gasteiger partial charge in [-0.1, -0.05) is 13.8 Å². The Morgan fingerprint density at radius 3 is 2.69 bits per heavy atom. The lowest BCUT2D eigenvalue weighted by atomic mass is 9.82. The molecular weight excluding hydrogens is 468 g/mol. The second-order valence-electron chi connectivity index (χ2n) is 10.2. The number of carboxylic acid groups (broad SMARTS) is 1. The van der Waals surface area contributed by atoms with Crippen LogP contribution in [-0.4, -0.2) is 46.7 Å². The van der Waals surface area contributed by atoms with E-state index >= 15 is 4.39 Å². The highest BCUT2D eigenvalue weighted by Gasteiger charge is 2.40. The molecular formula is C27H29F2N3O4. The van der Waals surface area contributed by atoms with Gasteiger partial charge in [0.05, 0.1) is 31.3 Å². The molecule has 1 aliphatic carbocycles. The number of aromatic nitrogens is 3. The summed E-state index contributed by atoms with van der Waals surface area (Å²) in [5, 5.41) is 17.5. The molecule has 4 aromatic rings. The summed E-state index contributed by atoms with van der Waals surface area (Å²) in [5.41, 5.74) is 2.49. The van der Waals surface area contributed by atoms with Gasteiger partial charge >= 0.3 is 5.97 Å². The quantitative estimate of drug-likeness (QED) is 0.343. The Bertz CT molecular complexity index is 1470. The highest BCUT2D eigenvalue weighted by molar-refractivity contribution is 6.00. The maximum Gasteiger partial charge on any atom is 0.306 e. The normalized spacial score (nSPS) is 18.4. The molecule has 2 N–H and O–H groups in total. The molecule has 5 rings (SSSR count). The molecule has 1 saturated carbocycles. The fourth-order valence-corrected chi connectivity index (χ4v) is 5.85. The van der Waals surface area contributed by atoms with E-state index in [9.17, 15) is 14.3 Å². The summed E-state index contributed by atoms with van der Waals surface area (Å²) < 4.78 is 43.4. The number of hydrogen-bond acceptors (Lipinski definition) is 4. The van der Waals surface area contributed by atoms with Gasteiger partial charge in [-0.3, -0.25) is 9.89 Å². The van der Waals surface area contributed by atoms with Crippen molar-refractivity contribution in [3.8, 4) is 11.4 Å². The van der Waals surface area contributed by atoms with Crippen molar-refractivity contribution in [3.05, 3.63) is 53.4 Å². The Hall–Kier alpha value is -3.46. The van der Waals surface area contributed by atoms with Crippen LogP contribution >= 0.6 is 0 Å². The molecule has 0 saturated heterocycles. The van der Waals surface area contributed by atoms with Crippen molar-refractivity contribution in [2.24, 2.45) is 5.92 Å². The van der Waals surface area contributed by atoms with Crippen LogP contribution in [-0.2, 0) is 14.9 Å². The highest BCUT2D eigenvalue weighted by atomic mass is 19.1. The Labute approximate surface area is 207 Å². The van der Waals surface area contributed by atoms with E-state index in [1.807, 2.05) is 24.5 Å². The van der Waals surface area contributed by atoms with E-state index in [-0.39, 0.29) is 11.7 Å². The number of aliphatic carboxylic acids is 1. The monoisotopic (exact) mass is 497 g/mol. The first kappa shape index (κ1) is 24.2. The number of methoxy groups -OCH3 is 2. The van der Waals surface area contributed by atoms with Crippen LogP contribution < -0.4 is 4.74 Å². The molecule has 9 heteroatoms. The molecule has 7 nitrogen and oxygen atoms in total. The Morgan fingerprint density at radius 1 is 1.25 bits per heavy atom. The van der Waals surface area contributed by atoms with Gasteiger partial charge in [-0.2, -0.15) is 5.10 Å². The molecule has 36 heavy (non-hydrogen) atoms. The first-order valence-corrected chi connectivity index (χ1v) is 11.9. The molecule has 2 aromatic heterocycles. The summed E-state index contributed by atoms with van der Waals surface area (Å²) in [4.78, 5) is 11.8. The average Bonchev–Trinajstić information content (AvgIpc) is 3.57. The first-order valence-electron chi connectivity index (χ1n) is 11.9. The number of carbonyl (C=O) groups is 1. The highest BCUT2D eigenvalue weighted by Crippen LogP contribution is 2.49. The zero-order valence-corrected chi connectivity index (χ0v) is 20.7. The molecule has 0 bridgehead atoms. The third-order valence-corrected chi connectivity index (χ3v) is 7.37. The summed E-state index contributed by atoms with van der Waals surface area (Å²) in [7, 11) is 3.01. The molecule has 1 fully saturated rings. The number of fused-ring (bicyclic) bond motifs is 2. The summed E-state index contributed by atoms with van der Waals surface area (Å²) in [5.74, 6) is -2.35. The summed E-state index contributed by atoms with van der Waals surface area (Å²) in [6.45, 7) is 4.37. The minimum absolute atomic E-state index is 0.0723. The maximum atomic E-state index is 16.2. The largest absolute Gasteiger partial charge is 0.494 e. The Balaban J connectivity index is 1.92. The Morgan fingerprint density at radius 2 is 2.03 bits per heavy atom. The van der Waals surface area contributed by atoms with Crippen LogP contribution in [0.3, 0.4) is 0 Å². The second kappa shape index (κ2) is 8.89. The average molecular weight is 498 g/mol. The molecule has 2 aromatic carbocycles. The van der Waals surface area contributed by atoms with Gasteiger partial charge < -0.3 is 19.1 Å². The number of hydrogen-bond donors (Lipinski definition) is 2. The minimum Gasteiger partial charge on any atom is -0.494 e. The fourth-order valence-electron chi connectivity index (χ4n) is 5.85. The second-order valence-corrected chi connectivity index (χ2v) is 10.2. The number of halogens is 2. The number of aromatic amines is 1. The van der Waals surface area contributed by atoms with E-state index in [0.717, 1.165) is 11.3 Å². The zero-order chi connectivity index (χ0) is 25.8. The van der Waals surface area contributed by atoms with Crippen LogP contribution in [0.25, 0.3) is 27.5 Å². The van der Waals surface area contributed by atoms with Crippen molar-refractivity contribution in [3.63, 3.8) is 0 Å². The smallest absolute Gasteiger partial charge is 0.306 e. The molecule has 0 radical (unpaired) electrons. The summed E-state index contributed by atoms with van der Waals surface area (Å²) in [6.07, 6.45) is 3.13. The third kappa shape index (κ3) is 3.73. The van der Waals surface area contributed by atoms with Gasteiger partial charge in [0.25, 0.3) is 0 Å². The third-order valence-electron chi connectivity index (χ3n) is 7.37. The molecule has 0 spiro atoms. The van der Waals surface area contributed by atoms with Crippen LogP contribution in [0.1, 0.15) is 50.3 Å². The topological polar surface area (TPSA) is 89.4 Å². The number of benzene rings is 2. The van der Waals surface area contributed by atoms with Crippen molar-refractivity contribution in [1.82, 2.24) is 14.8 Å². The number of ether oxygens (including phenoxy) is 2. The van der Waals surface area contributed by atoms with E-state index in [1.54, 1.807) is 25.4 Å². The molecule has 0 amide bonds. The van der Waals surface area contributed by atoms with E-state index in [4.69, 9.17) is 9.47 Å². The van der Waals surface area contributed by atoms with E-state index < -0.39 is 28.9 Å². The summed E-state index contributed by atoms with van der Waals surface area (Å²) >= 11 is 0. The minimum atomic E-state index is -0.835. The van der Waals surface area contributed by atoms with Gasteiger partial charge in [-0.25, -0.2) is 8.78 Å². The zero-order valence-electron chi connectivity index (χ0n) is 20.7. The lowest BCUT2D eigenvalue weighted by molar-refractivity contribution is -0.141. The standard InChI is InChI=1S/C27H29F2N3O4/c1-27(2,13-35-3)25-21(14-5-6-15(9-14)26(33)34)22-19(10-16-12-30-31-24(16)23(22)29)32(25)17-7-8-18(28)20(11-17)36-4/h7-8,10-12,14-15H,5-6,9,13H2,1-4H3,(H,30,31)(H,33,34). The van der Waals surface area contributed by atoms with Crippen LogP contribution in [0.15, 0.2) is 30.5 Å². The number of nitrogens with one attached hydrogen (secondary N) is 1. The van der Waals surface area contributed by atoms with Crippen LogP contribution in [0, 0.1) is 17.6 Å². The van der Waals surface area contributed by atoms with Crippen molar-refractivity contribution in [1.29, 1.82) is 0 Å². The number of H-pyrrole nitrogens is 1. The van der Waals surface area contributed by atoms with E-state index in [2.05, 4.69) is 10.2 Å². The van der Waals surface area contributed by atoms with Crippen LogP contribution in [0.5, 0.6) is 5.75 Å². The molecule has 2 heterocycles. The number of nitrogens with zero attached hydrogens (tertiary/aromatic N) is 2. The van der Waals surface area contributed by atoms with Crippen molar-refractivity contribution < 1.29 is 28.2 Å². The van der Waals surface area contributed by atoms with Gasteiger partial charge in [0.15, 0.2) is 17.4 Å². The predicted molar refractivity (Wildman–Crippen MR) is 132 cm³/mol. The van der Waals surface area contributed by atoms with Crippen molar-refractivity contribution >= 4 is 27.8 Å². The SMILES string of the molecule is COCC(C)(C)c1c(C2CCC(C(=O)O)C2)c2c(F)c3[nH]ncc3cc2n1-c1ccc(F)c(OC)c1. The lowest BCUT2D eigenvalue weighted by Crippen LogP contribution is -2.28. The number of carboxylic acids is 1. The van der Waals surface area contributed by atoms with E-state index in [0.29, 0.717) is 53.4 Å². The van der Waals surface area contributed by atoms with Crippen LogP contribution in [0.4, 0.5) is 8.78 Å². The fraction of sp³-hybridized carbons (Fsp3) is 0.407. The van der Waals surface area contributed by atoms with Crippen molar-refractivity contribution in [2.45, 2.75) is 44.4 Å². The Kier molecular flexibility index (Phi) is 5.98. The maximum absolute atomic E-state index is 16.2. The van der Waals surface area contributed by atoms with Crippen LogP contribution in [0.2, 0.25) is 0 Å². The molecule has 1 aliphatic rings. The van der Waals surface area contributed by atoms with Gasteiger partial charge in [0, 0.05) is 40.7 Å².